The Balaban J connectivity index is 3.60. The first-order valence-electron chi connectivity index (χ1n) is 2.30. The molecule has 5 heteroatoms. The van der Waals surface area contributed by atoms with E-state index in [1.807, 2.05) is 0 Å². The molecule has 0 saturated heterocycles. The summed E-state index contributed by atoms with van der Waals surface area (Å²) in [5.74, 6) is 2.10. The van der Waals surface area contributed by atoms with Crippen LogP contribution in [-0.4, -0.2) is 18.5 Å². The lowest BCUT2D eigenvalue weighted by Crippen LogP contribution is -2.22. The summed E-state index contributed by atoms with van der Waals surface area (Å²) in [6.07, 6.45) is 0. The van der Waals surface area contributed by atoms with Crippen molar-refractivity contribution in [3.05, 3.63) is 0 Å². The summed E-state index contributed by atoms with van der Waals surface area (Å²) in [6.45, 7) is 1.70. The predicted octanol–water partition coefficient (Wildman–Crippen LogP) is -1.03. The van der Waals surface area contributed by atoms with Crippen molar-refractivity contribution in [2.75, 3.05) is 6.61 Å². The molecule has 2 N–H and O–H groups in total. The molecular weight excluding hydrogens is 126 g/mol. The van der Waals surface area contributed by atoms with Crippen molar-refractivity contribution in [2.45, 2.75) is 6.92 Å². The van der Waals surface area contributed by atoms with Gasteiger partial charge >= 0.3 is 11.9 Å². The number of esters is 1. The van der Waals surface area contributed by atoms with E-state index in [9.17, 15) is 9.59 Å². The van der Waals surface area contributed by atoms with Gasteiger partial charge in [-0.3, -0.25) is 0 Å². The fourth-order valence-electron chi connectivity index (χ4n) is 0.238. The third-order valence-electron chi connectivity index (χ3n) is 0.549. The van der Waals surface area contributed by atoms with Crippen LogP contribution in [0.5, 0.6) is 0 Å². The monoisotopic (exact) mass is 133 g/mol. The van der Waals surface area contributed by atoms with Crippen molar-refractivity contribution in [1.82, 2.24) is 0 Å². The van der Waals surface area contributed by atoms with Gasteiger partial charge in [0, 0.05) is 0 Å². The first kappa shape index (κ1) is 7.90. The second-order valence-electron chi connectivity index (χ2n) is 1.13. The lowest BCUT2D eigenvalue weighted by Gasteiger charge is -1.95. The van der Waals surface area contributed by atoms with Crippen LogP contribution in [-0.2, 0) is 19.2 Å². The van der Waals surface area contributed by atoms with Crippen LogP contribution in [0.1, 0.15) is 6.92 Å². The van der Waals surface area contributed by atoms with Crippen molar-refractivity contribution < 1.29 is 19.2 Å². The van der Waals surface area contributed by atoms with Crippen molar-refractivity contribution in [1.29, 1.82) is 0 Å². The first-order valence-corrected chi connectivity index (χ1v) is 2.30. The lowest BCUT2D eigenvalue weighted by atomic mass is 10.7. The Labute approximate surface area is 51.7 Å². The van der Waals surface area contributed by atoms with Crippen LogP contribution >= 0.6 is 0 Å². The standard InChI is InChI=1S/C4H7NO4/c1-2-8-3(6)4(7)9-5/h2,5H2,1H3. The molecule has 9 heavy (non-hydrogen) atoms. The van der Waals surface area contributed by atoms with Gasteiger partial charge in [-0.1, -0.05) is 0 Å². The van der Waals surface area contributed by atoms with Gasteiger partial charge in [0.15, 0.2) is 0 Å². The molecule has 0 fully saturated rings. The highest BCUT2D eigenvalue weighted by Crippen LogP contribution is 1.78. The molecule has 0 saturated carbocycles. The van der Waals surface area contributed by atoms with E-state index in [2.05, 4.69) is 15.5 Å². The molecular formula is C4H7NO4. The summed E-state index contributed by atoms with van der Waals surface area (Å²) >= 11 is 0. The second kappa shape index (κ2) is 3.85. The van der Waals surface area contributed by atoms with Gasteiger partial charge in [-0.05, 0) is 6.92 Å². The highest BCUT2D eigenvalue weighted by Gasteiger charge is 2.14. The Morgan fingerprint density at radius 2 is 2.00 bits per heavy atom. The van der Waals surface area contributed by atoms with Crippen LogP contribution in [0.15, 0.2) is 0 Å². The molecule has 0 rings (SSSR count). The average molecular weight is 133 g/mol. The minimum Gasteiger partial charge on any atom is -0.458 e. The van der Waals surface area contributed by atoms with Gasteiger partial charge in [-0.2, -0.15) is 5.90 Å². The van der Waals surface area contributed by atoms with Crippen LogP contribution < -0.4 is 5.90 Å². The van der Waals surface area contributed by atoms with Crippen LogP contribution in [0.3, 0.4) is 0 Å². The third-order valence-corrected chi connectivity index (χ3v) is 0.549. The normalized spacial score (nSPS) is 8.22. The second-order valence-corrected chi connectivity index (χ2v) is 1.13. The van der Waals surface area contributed by atoms with Crippen molar-refractivity contribution in [2.24, 2.45) is 5.90 Å². The molecule has 0 aliphatic carbocycles. The SMILES string of the molecule is CCOC(=O)C(=O)ON. The zero-order chi connectivity index (χ0) is 7.28. The molecule has 52 valence electrons. The topological polar surface area (TPSA) is 78.6 Å². The minimum atomic E-state index is -1.18. The Bertz CT molecular complexity index is 122. The molecule has 0 aromatic rings. The van der Waals surface area contributed by atoms with Gasteiger partial charge in [0.25, 0.3) is 0 Å². The first-order chi connectivity index (χ1) is 4.22. The van der Waals surface area contributed by atoms with Gasteiger partial charge in [-0.25, -0.2) is 9.59 Å². The zero-order valence-electron chi connectivity index (χ0n) is 4.92. The average Bonchev–Trinajstić information content (AvgIpc) is 1.87. The Morgan fingerprint density at radius 1 is 1.44 bits per heavy atom. The molecule has 0 spiro atoms. The highest BCUT2D eigenvalue weighted by molar-refractivity contribution is 6.29. The summed E-state index contributed by atoms with van der Waals surface area (Å²) in [7, 11) is 0. The van der Waals surface area contributed by atoms with Crippen molar-refractivity contribution in [3.63, 3.8) is 0 Å². The van der Waals surface area contributed by atoms with E-state index in [4.69, 9.17) is 0 Å². The number of hydrogen-bond acceptors (Lipinski definition) is 5. The van der Waals surface area contributed by atoms with Crippen LogP contribution in [0.2, 0.25) is 0 Å². The Morgan fingerprint density at radius 3 is 2.33 bits per heavy atom. The van der Waals surface area contributed by atoms with E-state index in [0.717, 1.165) is 0 Å². The summed E-state index contributed by atoms with van der Waals surface area (Å²) in [6, 6.07) is 0. The predicted molar refractivity (Wildman–Crippen MR) is 26.9 cm³/mol. The molecule has 0 amide bonds. The Hall–Kier alpha value is -1.10. The summed E-state index contributed by atoms with van der Waals surface area (Å²) in [5, 5.41) is 0. The smallest absolute Gasteiger partial charge is 0.435 e. The van der Waals surface area contributed by atoms with Crippen LogP contribution in [0.25, 0.3) is 0 Å². The van der Waals surface area contributed by atoms with Crippen LogP contribution in [0, 0.1) is 0 Å². The molecule has 0 radical (unpaired) electrons. The number of hydrogen-bond donors (Lipinski definition) is 1. The maximum absolute atomic E-state index is 10.2. The van der Waals surface area contributed by atoms with Gasteiger partial charge < -0.3 is 9.57 Å². The summed E-state index contributed by atoms with van der Waals surface area (Å²) < 4.78 is 4.20. The van der Waals surface area contributed by atoms with Gasteiger partial charge in [0.05, 0.1) is 6.61 Å². The Kier molecular flexibility index (Phi) is 3.38. The molecule has 0 heterocycles. The number of rotatable bonds is 1. The number of ether oxygens (including phenoxy) is 1. The lowest BCUT2D eigenvalue weighted by molar-refractivity contribution is -0.167. The van der Waals surface area contributed by atoms with Gasteiger partial charge in [0.1, 0.15) is 0 Å². The van der Waals surface area contributed by atoms with Crippen molar-refractivity contribution >= 4 is 11.9 Å². The van der Waals surface area contributed by atoms with E-state index >= 15 is 0 Å². The molecule has 0 aliphatic rings. The van der Waals surface area contributed by atoms with Crippen LogP contribution in [0.4, 0.5) is 0 Å². The molecule has 5 nitrogen and oxygen atoms in total. The highest BCUT2D eigenvalue weighted by atomic mass is 16.7. The molecule has 0 aliphatic heterocycles. The van der Waals surface area contributed by atoms with Crippen molar-refractivity contribution in [3.8, 4) is 0 Å². The summed E-state index contributed by atoms with van der Waals surface area (Å²) in [5.41, 5.74) is 0. The molecule has 0 aromatic carbocycles. The summed E-state index contributed by atoms with van der Waals surface area (Å²) in [4.78, 5) is 23.8. The zero-order valence-corrected chi connectivity index (χ0v) is 4.92. The quantitative estimate of drug-likeness (QED) is 0.281. The van der Waals surface area contributed by atoms with E-state index < -0.39 is 11.9 Å². The fourth-order valence-corrected chi connectivity index (χ4v) is 0.238. The van der Waals surface area contributed by atoms with Gasteiger partial charge in [0.2, 0.25) is 0 Å². The largest absolute Gasteiger partial charge is 0.458 e. The number of carbonyl (C=O) groups excluding carboxylic acids is 2. The van der Waals surface area contributed by atoms with E-state index in [1.54, 1.807) is 6.92 Å². The van der Waals surface area contributed by atoms with Gasteiger partial charge in [-0.15, -0.1) is 0 Å². The third kappa shape index (κ3) is 2.65. The minimum absolute atomic E-state index is 0.133. The van der Waals surface area contributed by atoms with E-state index in [-0.39, 0.29) is 6.61 Å². The molecule has 0 bridgehead atoms. The number of nitrogens with two attached hydrogens (primary N) is 1. The maximum Gasteiger partial charge on any atom is 0.435 e. The molecule has 0 unspecified atom stereocenters. The number of carbonyl (C=O) groups is 2. The maximum atomic E-state index is 10.2. The molecule has 0 aromatic heterocycles. The fraction of sp³-hybridized carbons (Fsp3) is 0.500. The molecule has 0 atom stereocenters. The van der Waals surface area contributed by atoms with E-state index in [0.29, 0.717) is 0 Å². The van der Waals surface area contributed by atoms with E-state index in [1.165, 1.54) is 0 Å².